The second kappa shape index (κ2) is 59.6. The Bertz CT molecular complexity index is 4230. The molecule has 8 atom stereocenters. The number of unbranched alkanes of at least 4 members (excludes halogenated alkanes) is 2. The molecule has 0 saturated carbocycles. The molecule has 0 saturated heterocycles. The first-order chi connectivity index (χ1) is 62.1. The van der Waals surface area contributed by atoms with Crippen LogP contribution in [0, 0.1) is 23.7 Å². The van der Waals surface area contributed by atoms with Crippen molar-refractivity contribution in [2.45, 2.75) is 178 Å². The average molecular weight is 1730 g/mol. The number of thiol groups is 1. The monoisotopic (exact) mass is 1730 g/mol. The summed E-state index contributed by atoms with van der Waals surface area (Å²) in [6.45, 7) is -8.75. The topological polar surface area (TPSA) is 450 Å². The number of primary amides is 1. The molecule has 0 aromatic heterocycles. The zero-order chi connectivity index (χ0) is 96.5. The number of nitrogens with two attached hydrogens (primary N) is 3. The Morgan fingerprint density at radius 1 is 0.597 bits per heavy atom. The zero-order valence-corrected chi connectivity index (χ0v) is 70.5. The van der Waals surface area contributed by atoms with Crippen LogP contribution in [0.4, 0.5) is 0 Å². The molecule has 33 heteroatoms. The van der Waals surface area contributed by atoms with Crippen molar-refractivity contribution in [3.8, 4) is 5.75 Å². The molecule has 7 unspecified atom stereocenters. The van der Waals surface area contributed by atoms with Crippen LogP contribution < -0.4 is 59.7 Å². The molecule has 4 aromatic rings. The number of rotatable bonds is 50. The van der Waals surface area contributed by atoms with Gasteiger partial charge in [0.2, 0.25) is 41.4 Å². The molecule has 660 valence electrons. The molecule has 1 heterocycles. The predicted molar refractivity (Wildman–Crippen MR) is 467 cm³/mol. The molecule has 1 aliphatic heterocycles. The normalized spacial score (nSPS) is 20.3. The minimum absolute atomic E-state index is 0.0163. The fraction of sp³-hybridized carbons (Fsp3) is 0.605. The number of phenols is 1. The number of nitrogens with one attached hydrogen (secondary N) is 8. The Balaban J connectivity index is 1.42. The van der Waals surface area contributed by atoms with E-state index in [4.69, 9.17) is 62.1 Å². The number of benzene rings is 4. The van der Waals surface area contributed by atoms with Crippen molar-refractivity contribution in [2.24, 2.45) is 45.9 Å². The van der Waals surface area contributed by atoms with E-state index in [-0.39, 0.29) is 209 Å². The van der Waals surface area contributed by atoms with E-state index in [0.717, 1.165) is 21.9 Å². The molecule has 0 fully saturated rings. The highest BCUT2D eigenvalue weighted by atomic mass is 32.2. The standard InChI is InChI=1S/C86H130N12O18S3/c1-58(2)90-29-12-10-17-65(82(107)92-32-34-112-36-38-114-40-42-116-44-43-115-41-39-113-37-35-111-33-28-79(104)95-74(53-117)81(87)106)49-78(103)75-57-119-55-68-20-9-8-19-67(68)54-118-56-70(45-60(5)99)85(110)98-73(48-61-23-26-71(100)27-24-61)77(102)50-66(18-11-13-30-91-59(3)4)84(109)97-72(21-14-31-93-86(88)89)76(101)51-69(83(108)94-52-80(105)96-75)47-62-22-25-63-15-6-7-16-64(63)46-62/h6-9,15-16,19-20,22-27,46,58-59,65-66,69-70,72-75,90-91,100,117H,10-14,17-18,21,28-45,47-57H2,1-5H3,(H2,87,106)(H,92,107)(H,94,108)(H,95,104)(H,96,105)(H,97,109)(H,98,110)(H4,88,89,93)/t65?,66?,69?,70?,72?,73?,74-,75?/m0/s1/i1D3,2D3,3D3,4D3. The summed E-state index contributed by atoms with van der Waals surface area (Å²) in [6, 6.07) is 17.3. The molecule has 0 spiro atoms. The molecule has 0 aliphatic carbocycles. The SMILES string of the molecule is [2H]C([2H])([2H])C(NCCCCC(CC(=O)C1CSCc2ccccc2CSCC(CC(C)=O)C(=O)NC(Cc2ccc(O)cc2)C(=O)CC(CCCCNC(C([2H])([2H])[2H])C([2H])([2H])[2H])C(=O)NC(CCCN=C(N)N)C(=O)CC(Cc2ccc3ccccc3c2)C(=O)NCC(=O)N1)C(=O)NCCOCCOCCOCCOCCOCCOCCC(=O)N[C@@H](CS)C(N)=O)C([2H])([2H])[2H]. The fourth-order valence-corrected chi connectivity index (χ4v) is 15.3. The van der Waals surface area contributed by atoms with Gasteiger partial charge in [-0.25, -0.2) is 0 Å². The molecule has 30 nitrogen and oxygen atoms in total. The number of hydrogen-bond donors (Lipinski definition) is 13. The summed E-state index contributed by atoms with van der Waals surface area (Å²) >= 11 is 6.57. The van der Waals surface area contributed by atoms with Gasteiger partial charge in [0.05, 0.1) is 110 Å². The largest absolute Gasteiger partial charge is 0.508 e. The first kappa shape index (κ1) is 83.2. The number of phenolic OH excluding ortho intramolecular Hbond substituents is 1. The van der Waals surface area contributed by atoms with Crippen LogP contribution >= 0.6 is 36.2 Å². The first-order valence-electron chi connectivity index (χ1n) is 46.3. The summed E-state index contributed by atoms with van der Waals surface area (Å²) in [7, 11) is 0. The second-order valence-electron chi connectivity index (χ2n) is 28.9. The number of hydrogen-bond acceptors (Lipinski definition) is 24. The van der Waals surface area contributed by atoms with Crippen LogP contribution in [0.1, 0.15) is 157 Å². The second-order valence-corrected chi connectivity index (χ2v) is 31.3. The van der Waals surface area contributed by atoms with Crippen molar-refractivity contribution in [3.63, 3.8) is 0 Å². The number of aromatic hydroxyl groups is 1. The van der Waals surface area contributed by atoms with Gasteiger partial charge >= 0.3 is 0 Å². The third-order valence-electron chi connectivity index (χ3n) is 19.2. The van der Waals surface area contributed by atoms with E-state index in [1.54, 1.807) is 30.3 Å². The number of aliphatic imine (C=N–C) groups is 1. The van der Waals surface area contributed by atoms with Crippen molar-refractivity contribution in [2.75, 3.05) is 129 Å². The van der Waals surface area contributed by atoms with Crippen molar-refractivity contribution >= 4 is 117 Å². The number of ether oxygens (including phenoxy) is 6. The highest BCUT2D eigenvalue weighted by Crippen LogP contribution is 2.28. The van der Waals surface area contributed by atoms with Crippen molar-refractivity contribution < 1.29 is 103 Å². The van der Waals surface area contributed by atoms with Crippen LogP contribution in [0.3, 0.4) is 0 Å². The summed E-state index contributed by atoms with van der Waals surface area (Å²) in [5.41, 5.74) is 19.3. The van der Waals surface area contributed by atoms with Gasteiger partial charge in [-0.3, -0.25) is 52.9 Å². The first-order valence-corrected chi connectivity index (χ1v) is 43.3. The molecular weight excluding hydrogens is 1590 g/mol. The van der Waals surface area contributed by atoms with Crippen LogP contribution in [0.25, 0.3) is 10.8 Å². The number of amides is 7. The smallest absolute Gasteiger partial charge is 0.240 e. The van der Waals surface area contributed by atoms with Crippen molar-refractivity contribution in [1.29, 1.82) is 0 Å². The van der Waals surface area contributed by atoms with E-state index < -0.39 is 172 Å². The maximum Gasteiger partial charge on any atom is 0.240 e. The van der Waals surface area contributed by atoms with E-state index in [9.17, 15) is 33.9 Å². The quantitative estimate of drug-likeness (QED) is 0.0115. The Morgan fingerprint density at radius 3 is 1.76 bits per heavy atom. The molecule has 5 rings (SSSR count). The van der Waals surface area contributed by atoms with E-state index in [1.165, 1.54) is 42.6 Å². The van der Waals surface area contributed by atoms with Crippen LogP contribution in [0.2, 0.25) is 0 Å². The van der Waals surface area contributed by atoms with Gasteiger partial charge < -0.3 is 98.1 Å². The summed E-state index contributed by atoms with van der Waals surface area (Å²) in [5.74, 6) is -11.5. The number of carbonyl (C=O) groups is 11. The van der Waals surface area contributed by atoms with Crippen molar-refractivity contribution in [1.82, 2.24) is 42.5 Å². The molecule has 0 radical (unpaired) electrons. The lowest BCUT2D eigenvalue weighted by Crippen LogP contribution is -2.49. The van der Waals surface area contributed by atoms with E-state index in [1.807, 2.05) is 48.5 Å². The Hall–Kier alpha value is -8.09. The molecule has 15 N–H and O–H groups in total. The van der Waals surface area contributed by atoms with Gasteiger partial charge in [-0.1, -0.05) is 119 Å². The molecule has 7 amide bonds. The van der Waals surface area contributed by atoms with E-state index in [2.05, 4.69) is 60.2 Å². The van der Waals surface area contributed by atoms with Crippen LogP contribution in [0.5, 0.6) is 5.75 Å². The van der Waals surface area contributed by atoms with Gasteiger partial charge in [-0.05, 0) is 117 Å². The summed E-state index contributed by atoms with van der Waals surface area (Å²) in [5, 5.41) is 33.7. The number of nitrogens with zero attached hydrogens (tertiary/aromatic N) is 1. The van der Waals surface area contributed by atoms with E-state index in [0.29, 0.717) is 30.9 Å². The van der Waals surface area contributed by atoms with Gasteiger partial charge in [-0.15, -0.1) is 0 Å². The summed E-state index contributed by atoms with van der Waals surface area (Å²) in [4.78, 5) is 160. The predicted octanol–water partition coefficient (Wildman–Crippen LogP) is 5.30. The number of thioether (sulfide) groups is 2. The maximum atomic E-state index is 15.3. The van der Waals surface area contributed by atoms with Gasteiger partial charge in [-0.2, -0.15) is 36.2 Å². The number of ketones is 4. The van der Waals surface area contributed by atoms with Gasteiger partial charge in [0, 0.05) is 120 Å². The summed E-state index contributed by atoms with van der Waals surface area (Å²) < 4.78 is 128. The maximum absolute atomic E-state index is 15.3. The Morgan fingerprint density at radius 2 is 1.15 bits per heavy atom. The Kier molecular flexibility index (Phi) is 41.7. The highest BCUT2D eigenvalue weighted by Gasteiger charge is 2.35. The van der Waals surface area contributed by atoms with Gasteiger partial charge in [0.15, 0.2) is 23.3 Å². The lowest BCUT2D eigenvalue weighted by atomic mass is 9.88. The van der Waals surface area contributed by atoms with Gasteiger partial charge in [0.1, 0.15) is 17.6 Å². The number of fused-ring (bicyclic) bond motifs is 2. The zero-order valence-electron chi connectivity index (χ0n) is 79.9. The number of carbonyl (C=O) groups excluding carboxylic acids is 11. The minimum Gasteiger partial charge on any atom is -0.508 e. The van der Waals surface area contributed by atoms with E-state index >= 15 is 24.0 Å². The number of guanidine groups is 1. The van der Waals surface area contributed by atoms with Crippen LogP contribution in [-0.2, 0) is 106 Å². The Labute approximate surface area is 731 Å². The number of Topliss-reactive ketones (excluding diaryl/α,β-unsaturated/α-hetero) is 4. The lowest BCUT2D eigenvalue weighted by molar-refractivity contribution is -0.135. The van der Waals surface area contributed by atoms with Crippen LogP contribution in [0.15, 0.2) is 96.0 Å². The third kappa shape index (κ3) is 43.8. The average Bonchev–Trinajstić information content (AvgIpc) is 0.857. The molecular formula is C86H130N12O18S3. The van der Waals surface area contributed by atoms with Gasteiger partial charge in [0.25, 0.3) is 0 Å². The highest BCUT2D eigenvalue weighted by molar-refractivity contribution is 7.98. The fourth-order valence-electron chi connectivity index (χ4n) is 12.8. The molecule has 4 aromatic carbocycles. The summed E-state index contributed by atoms with van der Waals surface area (Å²) in [6.07, 6.45) is -1.67. The molecule has 119 heavy (non-hydrogen) atoms. The lowest BCUT2D eigenvalue weighted by Gasteiger charge is -2.26. The molecule has 0 bridgehead atoms. The van der Waals surface area contributed by atoms with Crippen LogP contribution in [-0.4, -0.2) is 241 Å². The molecule has 1 aliphatic rings. The third-order valence-corrected chi connectivity index (χ3v) is 21.8. The van der Waals surface area contributed by atoms with Crippen molar-refractivity contribution in [3.05, 3.63) is 113 Å². The minimum atomic E-state index is -2.93.